The highest BCUT2D eigenvalue weighted by atomic mass is 16.5. The van der Waals surface area contributed by atoms with Crippen LogP contribution >= 0.6 is 0 Å². The van der Waals surface area contributed by atoms with Crippen LogP contribution in [0.5, 0.6) is 0 Å². The van der Waals surface area contributed by atoms with Crippen molar-refractivity contribution >= 4 is 11.8 Å². The summed E-state index contributed by atoms with van der Waals surface area (Å²) < 4.78 is 23.3. The first kappa shape index (κ1) is 22.5. The lowest BCUT2D eigenvalue weighted by molar-refractivity contribution is -0.00456. The molecule has 2 heterocycles. The second-order valence-corrected chi connectivity index (χ2v) is 9.23. The van der Waals surface area contributed by atoms with Crippen LogP contribution in [0.2, 0.25) is 0 Å². The van der Waals surface area contributed by atoms with E-state index in [4.69, 9.17) is 28.9 Å². The van der Waals surface area contributed by atoms with E-state index in [0.29, 0.717) is 25.0 Å². The minimum absolute atomic E-state index is 0.0645. The van der Waals surface area contributed by atoms with Crippen molar-refractivity contribution < 1.29 is 18.9 Å². The van der Waals surface area contributed by atoms with Gasteiger partial charge in [0.25, 0.3) is 0 Å². The summed E-state index contributed by atoms with van der Waals surface area (Å²) in [6.07, 6.45) is 0. The zero-order valence-corrected chi connectivity index (χ0v) is 19.7. The van der Waals surface area contributed by atoms with Gasteiger partial charge in [0.2, 0.25) is 11.8 Å². The molecule has 2 aliphatic rings. The number of aliphatic imine (C=N–C) groups is 2. The molecule has 0 saturated carbocycles. The Morgan fingerprint density at radius 1 is 0.656 bits per heavy atom. The zero-order chi connectivity index (χ0) is 22.9. The molecule has 0 N–H and O–H groups in total. The Balaban J connectivity index is 1.74. The summed E-state index contributed by atoms with van der Waals surface area (Å²) in [5.41, 5.74) is 3.15. The molecule has 0 amide bonds. The van der Waals surface area contributed by atoms with E-state index in [1.54, 1.807) is 14.2 Å². The minimum atomic E-state index is -0.399. The highest BCUT2D eigenvalue weighted by molar-refractivity contribution is 6.07. The van der Waals surface area contributed by atoms with Crippen LogP contribution in [-0.2, 0) is 18.9 Å². The molecule has 0 aliphatic carbocycles. The Morgan fingerprint density at radius 2 is 1.00 bits per heavy atom. The van der Waals surface area contributed by atoms with E-state index in [2.05, 4.69) is 12.1 Å². The quantitative estimate of drug-likeness (QED) is 0.641. The first-order valence-corrected chi connectivity index (χ1v) is 11.0. The molecule has 0 bridgehead atoms. The van der Waals surface area contributed by atoms with Crippen molar-refractivity contribution in [3.63, 3.8) is 0 Å². The van der Waals surface area contributed by atoms with E-state index < -0.39 is 11.2 Å². The fraction of sp³-hybridized carbons (Fsp3) is 0.462. The third-order valence-corrected chi connectivity index (χ3v) is 6.56. The van der Waals surface area contributed by atoms with Gasteiger partial charge >= 0.3 is 0 Å². The van der Waals surface area contributed by atoms with Crippen LogP contribution < -0.4 is 0 Å². The van der Waals surface area contributed by atoms with Gasteiger partial charge in [-0.05, 0) is 51.0 Å². The van der Waals surface area contributed by atoms with E-state index >= 15 is 0 Å². The molecular weight excluding hydrogens is 404 g/mol. The summed E-state index contributed by atoms with van der Waals surface area (Å²) >= 11 is 0. The molecule has 32 heavy (non-hydrogen) atoms. The average molecular weight is 437 g/mol. The molecule has 170 valence electrons. The van der Waals surface area contributed by atoms with Crippen molar-refractivity contribution in [1.82, 2.24) is 0 Å². The van der Waals surface area contributed by atoms with Crippen LogP contribution in [0.25, 0.3) is 11.1 Å². The fourth-order valence-electron chi connectivity index (χ4n) is 3.84. The summed E-state index contributed by atoms with van der Waals surface area (Å²) in [6, 6.07) is 16.2. The number of methoxy groups -OCH3 is 2. The largest absolute Gasteiger partial charge is 0.475 e. The average Bonchev–Trinajstić information content (AvgIpc) is 3.50. The molecule has 4 rings (SSSR count). The lowest BCUT2D eigenvalue weighted by Gasteiger charge is -2.26. The number of hydrogen-bond acceptors (Lipinski definition) is 6. The predicted octanol–water partition coefficient (Wildman–Crippen LogP) is 4.49. The van der Waals surface area contributed by atoms with Gasteiger partial charge in [-0.1, -0.05) is 36.4 Å². The molecule has 0 fully saturated rings. The molecule has 0 radical (unpaired) electrons. The van der Waals surface area contributed by atoms with Gasteiger partial charge in [0.1, 0.15) is 25.3 Å². The number of hydrogen-bond donors (Lipinski definition) is 0. The van der Waals surface area contributed by atoms with E-state index in [1.807, 2.05) is 64.1 Å². The van der Waals surface area contributed by atoms with Crippen LogP contribution in [0, 0.1) is 0 Å². The van der Waals surface area contributed by atoms with Crippen molar-refractivity contribution in [1.29, 1.82) is 0 Å². The van der Waals surface area contributed by atoms with Gasteiger partial charge < -0.3 is 18.9 Å². The molecule has 0 saturated heterocycles. The Bertz CT molecular complexity index is 958. The van der Waals surface area contributed by atoms with Crippen molar-refractivity contribution in [3.8, 4) is 11.1 Å². The number of nitrogens with zero attached hydrogens (tertiary/aromatic N) is 2. The highest BCUT2D eigenvalue weighted by Crippen LogP contribution is 2.33. The molecular formula is C26H32N2O4. The monoisotopic (exact) mass is 436 g/mol. The maximum Gasteiger partial charge on any atom is 0.217 e. The van der Waals surface area contributed by atoms with E-state index in [9.17, 15) is 0 Å². The first-order chi connectivity index (χ1) is 15.3. The SMILES string of the molecule is COC(C)(C)[C@@H]1COC(c2ccccc2-c2ccccc2C2=N[C@H](C(C)(C)OC)CO2)=N1. The minimum Gasteiger partial charge on any atom is -0.475 e. The molecule has 2 aliphatic heterocycles. The molecule has 6 nitrogen and oxygen atoms in total. The highest BCUT2D eigenvalue weighted by Gasteiger charge is 2.36. The van der Waals surface area contributed by atoms with Crippen molar-refractivity contribution in [3.05, 3.63) is 59.7 Å². The van der Waals surface area contributed by atoms with Gasteiger partial charge in [-0.3, -0.25) is 0 Å². The zero-order valence-electron chi connectivity index (χ0n) is 19.7. The first-order valence-electron chi connectivity index (χ1n) is 11.0. The third-order valence-electron chi connectivity index (χ3n) is 6.56. The topological polar surface area (TPSA) is 61.6 Å². The van der Waals surface area contributed by atoms with Crippen molar-refractivity contribution in [2.24, 2.45) is 9.98 Å². The summed E-state index contributed by atoms with van der Waals surface area (Å²) in [6.45, 7) is 9.11. The Labute approximate surface area is 190 Å². The lowest BCUT2D eigenvalue weighted by atomic mass is 9.95. The maximum atomic E-state index is 6.04. The molecule has 2 atom stereocenters. The smallest absolute Gasteiger partial charge is 0.217 e. The predicted molar refractivity (Wildman–Crippen MR) is 127 cm³/mol. The van der Waals surface area contributed by atoms with Crippen LogP contribution in [0.3, 0.4) is 0 Å². The van der Waals surface area contributed by atoms with E-state index in [-0.39, 0.29) is 12.1 Å². The fourth-order valence-corrected chi connectivity index (χ4v) is 3.84. The summed E-state index contributed by atoms with van der Waals surface area (Å²) in [5.74, 6) is 1.27. The standard InChI is InChI=1S/C26H32N2O4/c1-25(2,29-5)21-15-31-23(27-21)19-13-9-7-11-17(19)18-12-8-10-14-20(18)24-28-22(16-32-24)26(3,4)30-6/h7-14,21-22H,15-16H2,1-6H3/t21-,22-/m0/s1. The van der Waals surface area contributed by atoms with Gasteiger partial charge in [0.05, 0.1) is 11.2 Å². The number of rotatable bonds is 7. The van der Waals surface area contributed by atoms with E-state index in [0.717, 1.165) is 22.3 Å². The molecule has 2 aromatic carbocycles. The Morgan fingerprint density at radius 3 is 1.34 bits per heavy atom. The molecule has 0 spiro atoms. The summed E-state index contributed by atoms with van der Waals surface area (Å²) in [4.78, 5) is 9.72. The van der Waals surface area contributed by atoms with Gasteiger partial charge in [-0.15, -0.1) is 0 Å². The second-order valence-electron chi connectivity index (χ2n) is 9.23. The van der Waals surface area contributed by atoms with Crippen molar-refractivity contribution in [2.75, 3.05) is 27.4 Å². The molecule has 2 aromatic rings. The van der Waals surface area contributed by atoms with E-state index in [1.165, 1.54) is 0 Å². The van der Waals surface area contributed by atoms with Crippen LogP contribution in [-0.4, -0.2) is 62.5 Å². The van der Waals surface area contributed by atoms with Crippen LogP contribution in [0.15, 0.2) is 58.5 Å². The van der Waals surface area contributed by atoms with Gasteiger partial charge in [0.15, 0.2) is 0 Å². The van der Waals surface area contributed by atoms with Crippen LogP contribution in [0.1, 0.15) is 38.8 Å². The normalized spacial score (nSPS) is 21.1. The van der Waals surface area contributed by atoms with Gasteiger partial charge in [-0.25, -0.2) is 9.98 Å². The van der Waals surface area contributed by atoms with Crippen LogP contribution in [0.4, 0.5) is 0 Å². The van der Waals surface area contributed by atoms with Gasteiger partial charge in [-0.2, -0.15) is 0 Å². The number of benzene rings is 2. The second kappa shape index (κ2) is 8.68. The number of ether oxygens (including phenoxy) is 4. The van der Waals surface area contributed by atoms with Crippen molar-refractivity contribution in [2.45, 2.75) is 51.0 Å². The molecule has 6 heteroatoms. The molecule has 0 aromatic heterocycles. The lowest BCUT2D eigenvalue weighted by Crippen LogP contribution is -2.37. The summed E-state index contributed by atoms with van der Waals surface area (Å²) in [5, 5.41) is 0. The molecule has 0 unspecified atom stereocenters. The Hall–Kier alpha value is -2.70. The Kier molecular flexibility index (Phi) is 6.10. The maximum absolute atomic E-state index is 6.04. The van der Waals surface area contributed by atoms with Gasteiger partial charge in [0, 0.05) is 25.3 Å². The third kappa shape index (κ3) is 4.17. The summed E-state index contributed by atoms with van der Waals surface area (Å²) in [7, 11) is 3.41.